The third-order valence-electron chi connectivity index (χ3n) is 5.39. The lowest BCUT2D eigenvalue weighted by molar-refractivity contribution is -0.204. The predicted octanol–water partition coefficient (Wildman–Crippen LogP) is 5.68. The van der Waals surface area contributed by atoms with Gasteiger partial charge in [-0.1, -0.05) is 91.0 Å². The van der Waals surface area contributed by atoms with Gasteiger partial charge >= 0.3 is 0 Å². The van der Waals surface area contributed by atoms with Crippen molar-refractivity contribution in [1.29, 1.82) is 0 Å². The molecule has 3 aromatic carbocycles. The van der Waals surface area contributed by atoms with Gasteiger partial charge in [0.15, 0.2) is 6.29 Å². The van der Waals surface area contributed by atoms with Crippen molar-refractivity contribution in [1.82, 2.24) is 0 Å². The van der Waals surface area contributed by atoms with Crippen molar-refractivity contribution in [3.05, 3.63) is 119 Å². The Bertz CT molecular complexity index is 956. The van der Waals surface area contributed by atoms with Crippen LogP contribution in [-0.4, -0.2) is 25.1 Å². The van der Waals surface area contributed by atoms with Gasteiger partial charge in [0.25, 0.3) is 0 Å². The summed E-state index contributed by atoms with van der Waals surface area (Å²) < 4.78 is 24.6. The molecule has 0 aliphatic carbocycles. The maximum atomic E-state index is 6.32. The summed E-state index contributed by atoms with van der Waals surface area (Å²) in [4.78, 5) is 0. The molecule has 166 valence electrons. The Hall–Kier alpha value is -2.76. The summed E-state index contributed by atoms with van der Waals surface area (Å²) in [6, 6.07) is 30.4. The second-order valence-electron chi connectivity index (χ2n) is 7.98. The molecule has 0 saturated carbocycles. The highest BCUT2D eigenvalue weighted by Crippen LogP contribution is 2.25. The molecule has 32 heavy (non-hydrogen) atoms. The third kappa shape index (κ3) is 6.62. The van der Waals surface area contributed by atoms with Crippen LogP contribution in [0.15, 0.2) is 103 Å². The van der Waals surface area contributed by atoms with Crippen molar-refractivity contribution in [2.45, 2.75) is 45.2 Å². The van der Waals surface area contributed by atoms with Crippen LogP contribution in [0, 0.1) is 0 Å². The highest BCUT2D eigenvalue weighted by molar-refractivity contribution is 5.17. The van der Waals surface area contributed by atoms with Crippen LogP contribution in [0.1, 0.15) is 23.6 Å². The van der Waals surface area contributed by atoms with E-state index < -0.39 is 6.29 Å². The van der Waals surface area contributed by atoms with Crippen molar-refractivity contribution in [3.63, 3.8) is 0 Å². The standard InChI is InChI=1S/C28H30O4/c1-22-17-26(30-19-24-13-7-3-8-14-24)27(21-29-18-23-11-5-2-6-12-23)32-28(22)31-20-25-15-9-4-10-16-25/h2-17,26-28H,18-21H2,1H3/t26-,27+,28-/m0/s1. The largest absolute Gasteiger partial charge is 0.374 e. The summed E-state index contributed by atoms with van der Waals surface area (Å²) in [5.41, 5.74) is 4.39. The lowest BCUT2D eigenvalue weighted by Gasteiger charge is -2.34. The summed E-state index contributed by atoms with van der Waals surface area (Å²) in [6.45, 7) is 3.98. The van der Waals surface area contributed by atoms with Crippen LogP contribution in [0.3, 0.4) is 0 Å². The zero-order chi connectivity index (χ0) is 22.0. The fourth-order valence-electron chi connectivity index (χ4n) is 3.63. The molecule has 4 heteroatoms. The molecule has 0 fully saturated rings. The Morgan fingerprint density at radius 3 is 1.72 bits per heavy atom. The van der Waals surface area contributed by atoms with Gasteiger partial charge in [-0.05, 0) is 35.3 Å². The van der Waals surface area contributed by atoms with Crippen molar-refractivity contribution in [2.75, 3.05) is 6.61 Å². The molecule has 0 aromatic heterocycles. The van der Waals surface area contributed by atoms with Gasteiger partial charge in [0.05, 0.1) is 26.4 Å². The first-order valence-electron chi connectivity index (χ1n) is 11.0. The van der Waals surface area contributed by atoms with Crippen LogP contribution < -0.4 is 0 Å². The first kappa shape index (κ1) is 22.4. The van der Waals surface area contributed by atoms with Gasteiger partial charge in [0, 0.05) is 0 Å². The molecule has 3 atom stereocenters. The Kier molecular flexibility index (Phi) is 8.23. The molecule has 4 rings (SSSR count). The monoisotopic (exact) mass is 430 g/mol. The van der Waals surface area contributed by atoms with Crippen LogP contribution in [0.2, 0.25) is 0 Å². The van der Waals surface area contributed by atoms with Crippen LogP contribution in [0.5, 0.6) is 0 Å². The van der Waals surface area contributed by atoms with Gasteiger partial charge in [0.2, 0.25) is 0 Å². The molecule has 0 spiro atoms. The third-order valence-corrected chi connectivity index (χ3v) is 5.39. The lowest BCUT2D eigenvalue weighted by atomic mass is 10.1. The molecule has 0 unspecified atom stereocenters. The molecular formula is C28H30O4. The minimum absolute atomic E-state index is 0.206. The molecule has 0 amide bonds. The zero-order valence-electron chi connectivity index (χ0n) is 18.4. The van der Waals surface area contributed by atoms with Gasteiger partial charge in [0.1, 0.15) is 12.2 Å². The van der Waals surface area contributed by atoms with Gasteiger partial charge in [-0.15, -0.1) is 0 Å². The summed E-state index contributed by atoms with van der Waals surface area (Å²) in [5.74, 6) is 0. The molecule has 0 radical (unpaired) electrons. The SMILES string of the molecule is CC1=C[C@H](OCc2ccccc2)[C@@H](COCc2ccccc2)O[C@@H]1OCc1ccccc1. The zero-order valence-corrected chi connectivity index (χ0v) is 18.4. The topological polar surface area (TPSA) is 36.9 Å². The van der Waals surface area contributed by atoms with E-state index in [1.807, 2.05) is 73.7 Å². The summed E-state index contributed by atoms with van der Waals surface area (Å²) >= 11 is 0. The fraction of sp³-hybridized carbons (Fsp3) is 0.286. The van der Waals surface area contributed by atoms with E-state index in [1.54, 1.807) is 0 Å². The van der Waals surface area contributed by atoms with Crippen molar-refractivity contribution >= 4 is 0 Å². The number of hydrogen-bond donors (Lipinski definition) is 0. The number of rotatable bonds is 10. The van der Waals surface area contributed by atoms with Gasteiger partial charge in [-0.2, -0.15) is 0 Å². The van der Waals surface area contributed by atoms with E-state index >= 15 is 0 Å². The van der Waals surface area contributed by atoms with E-state index in [0.717, 1.165) is 22.3 Å². The molecular weight excluding hydrogens is 400 g/mol. The number of ether oxygens (including phenoxy) is 4. The van der Waals surface area contributed by atoms with E-state index in [0.29, 0.717) is 26.4 Å². The smallest absolute Gasteiger partial charge is 0.180 e. The quantitative estimate of drug-likeness (QED) is 0.388. The van der Waals surface area contributed by atoms with Crippen molar-refractivity contribution in [2.24, 2.45) is 0 Å². The summed E-state index contributed by atoms with van der Waals surface area (Å²) in [5, 5.41) is 0. The second-order valence-corrected chi connectivity index (χ2v) is 7.98. The van der Waals surface area contributed by atoms with E-state index in [1.165, 1.54) is 0 Å². The Labute approximate surface area is 190 Å². The molecule has 0 saturated heterocycles. The maximum Gasteiger partial charge on any atom is 0.180 e. The average Bonchev–Trinajstić information content (AvgIpc) is 2.85. The Morgan fingerprint density at radius 2 is 1.16 bits per heavy atom. The molecule has 1 aliphatic rings. The van der Waals surface area contributed by atoms with Crippen LogP contribution in [0.25, 0.3) is 0 Å². The van der Waals surface area contributed by atoms with Crippen LogP contribution >= 0.6 is 0 Å². The molecule has 1 heterocycles. The van der Waals surface area contributed by atoms with E-state index in [-0.39, 0.29) is 12.2 Å². The molecule has 0 bridgehead atoms. The van der Waals surface area contributed by atoms with Crippen LogP contribution in [0.4, 0.5) is 0 Å². The molecule has 0 N–H and O–H groups in total. The maximum absolute atomic E-state index is 6.32. The average molecular weight is 431 g/mol. The Balaban J connectivity index is 1.39. The van der Waals surface area contributed by atoms with Crippen molar-refractivity contribution < 1.29 is 18.9 Å². The fourth-order valence-corrected chi connectivity index (χ4v) is 3.63. The Morgan fingerprint density at radius 1 is 0.656 bits per heavy atom. The minimum atomic E-state index is -0.419. The van der Waals surface area contributed by atoms with E-state index in [4.69, 9.17) is 18.9 Å². The van der Waals surface area contributed by atoms with Gasteiger partial charge < -0.3 is 18.9 Å². The molecule has 4 nitrogen and oxygen atoms in total. The van der Waals surface area contributed by atoms with E-state index in [9.17, 15) is 0 Å². The summed E-state index contributed by atoms with van der Waals surface area (Å²) in [6.07, 6.45) is 1.23. The second kappa shape index (κ2) is 11.7. The number of benzene rings is 3. The minimum Gasteiger partial charge on any atom is -0.374 e. The highest BCUT2D eigenvalue weighted by atomic mass is 16.7. The molecule has 3 aromatic rings. The van der Waals surface area contributed by atoms with Crippen LogP contribution in [-0.2, 0) is 38.8 Å². The highest BCUT2D eigenvalue weighted by Gasteiger charge is 2.32. The predicted molar refractivity (Wildman–Crippen MR) is 125 cm³/mol. The number of hydrogen-bond acceptors (Lipinski definition) is 4. The summed E-state index contributed by atoms with van der Waals surface area (Å²) in [7, 11) is 0. The van der Waals surface area contributed by atoms with Crippen molar-refractivity contribution in [3.8, 4) is 0 Å². The lowest BCUT2D eigenvalue weighted by Crippen LogP contribution is -2.42. The first-order chi connectivity index (χ1) is 15.8. The molecule has 1 aliphatic heterocycles. The van der Waals surface area contributed by atoms with Gasteiger partial charge in [-0.3, -0.25) is 0 Å². The van der Waals surface area contributed by atoms with E-state index in [2.05, 4.69) is 30.3 Å². The first-order valence-corrected chi connectivity index (χ1v) is 11.0. The van der Waals surface area contributed by atoms with Gasteiger partial charge in [-0.25, -0.2) is 0 Å². The normalized spacial score (nSPS) is 20.7.